The lowest BCUT2D eigenvalue weighted by Crippen LogP contribution is -2.24. The first-order valence-electron chi connectivity index (χ1n) is 4.43. The van der Waals surface area contributed by atoms with Crippen molar-refractivity contribution >= 4 is 17.8 Å². The Hall–Kier alpha value is -2.16. The van der Waals surface area contributed by atoms with Crippen LogP contribution in [0.25, 0.3) is 6.08 Å². The number of benzene rings is 1. The summed E-state index contributed by atoms with van der Waals surface area (Å²) in [6, 6.07) is 9.27. The van der Waals surface area contributed by atoms with Gasteiger partial charge in [-0.3, -0.25) is 9.59 Å². The van der Waals surface area contributed by atoms with Crippen molar-refractivity contribution in [2.75, 3.05) is 0 Å². The Kier molecular flexibility index (Phi) is 4.04. The average molecular weight is 201 g/mol. The molecule has 0 aliphatic rings. The van der Waals surface area contributed by atoms with Gasteiger partial charge < -0.3 is 5.32 Å². The standard InChI is InChI=1S/C12H11NO2/c1-2-13-12(15)11(14)9-8-10-6-4-3-5-7-10/h2-9H,1H2,(H,13,15)/b9-8+. The molecule has 0 saturated carbocycles. The highest BCUT2D eigenvalue weighted by Gasteiger charge is 2.06. The Morgan fingerprint density at radius 2 is 1.87 bits per heavy atom. The second kappa shape index (κ2) is 5.54. The molecule has 0 aliphatic carbocycles. The molecule has 1 aromatic rings. The third-order valence-corrected chi connectivity index (χ3v) is 1.68. The number of ketones is 1. The number of rotatable bonds is 4. The van der Waals surface area contributed by atoms with Crippen molar-refractivity contribution in [3.05, 3.63) is 54.8 Å². The fourth-order valence-corrected chi connectivity index (χ4v) is 0.976. The summed E-state index contributed by atoms with van der Waals surface area (Å²) in [7, 11) is 0. The molecule has 0 saturated heterocycles. The average Bonchev–Trinajstić information content (AvgIpc) is 2.27. The Labute approximate surface area is 88.1 Å². The number of hydrogen-bond acceptors (Lipinski definition) is 2. The van der Waals surface area contributed by atoms with Crippen LogP contribution in [0, 0.1) is 0 Å². The molecule has 0 aliphatic heterocycles. The van der Waals surface area contributed by atoms with Crippen LogP contribution in [0.1, 0.15) is 5.56 Å². The predicted molar refractivity (Wildman–Crippen MR) is 58.8 cm³/mol. The molecule has 0 radical (unpaired) electrons. The maximum Gasteiger partial charge on any atom is 0.295 e. The highest BCUT2D eigenvalue weighted by atomic mass is 16.2. The van der Waals surface area contributed by atoms with E-state index in [-0.39, 0.29) is 0 Å². The summed E-state index contributed by atoms with van der Waals surface area (Å²) in [6.07, 6.45) is 4.00. The lowest BCUT2D eigenvalue weighted by molar-refractivity contribution is -0.134. The van der Waals surface area contributed by atoms with E-state index in [0.29, 0.717) is 0 Å². The fraction of sp³-hybridized carbons (Fsp3) is 0. The minimum atomic E-state index is -0.683. The van der Waals surface area contributed by atoms with Crippen LogP contribution in [0.3, 0.4) is 0 Å². The molecule has 1 N–H and O–H groups in total. The first-order valence-corrected chi connectivity index (χ1v) is 4.43. The smallest absolute Gasteiger partial charge is 0.295 e. The van der Waals surface area contributed by atoms with Crippen molar-refractivity contribution in [3.63, 3.8) is 0 Å². The molecular weight excluding hydrogens is 190 g/mol. The maximum atomic E-state index is 11.2. The highest BCUT2D eigenvalue weighted by Crippen LogP contribution is 2.00. The van der Waals surface area contributed by atoms with Gasteiger partial charge in [0.15, 0.2) is 0 Å². The molecule has 1 rings (SSSR count). The summed E-state index contributed by atoms with van der Waals surface area (Å²) in [5, 5.41) is 2.21. The molecule has 0 fully saturated rings. The quantitative estimate of drug-likeness (QED) is 0.593. The van der Waals surface area contributed by atoms with Gasteiger partial charge in [-0.05, 0) is 17.8 Å². The monoisotopic (exact) mass is 201 g/mol. The van der Waals surface area contributed by atoms with Crippen molar-refractivity contribution in [2.45, 2.75) is 0 Å². The van der Waals surface area contributed by atoms with Crippen molar-refractivity contribution in [3.8, 4) is 0 Å². The third kappa shape index (κ3) is 3.60. The molecule has 3 heteroatoms. The minimum absolute atomic E-state index is 0.598. The van der Waals surface area contributed by atoms with Crippen LogP contribution in [0.4, 0.5) is 0 Å². The molecule has 0 heterocycles. The van der Waals surface area contributed by atoms with Crippen LogP contribution in [-0.2, 0) is 9.59 Å². The lowest BCUT2D eigenvalue weighted by Gasteiger charge is -1.93. The Bertz CT molecular complexity index is 393. The van der Waals surface area contributed by atoms with Gasteiger partial charge in [0.1, 0.15) is 0 Å². The van der Waals surface area contributed by atoms with E-state index in [0.717, 1.165) is 5.56 Å². The summed E-state index contributed by atoms with van der Waals surface area (Å²) < 4.78 is 0. The van der Waals surface area contributed by atoms with Crippen LogP contribution in [0.2, 0.25) is 0 Å². The Morgan fingerprint density at radius 3 is 2.47 bits per heavy atom. The zero-order chi connectivity index (χ0) is 11.1. The molecular formula is C12H11NO2. The summed E-state index contributed by atoms with van der Waals surface area (Å²) in [6.45, 7) is 3.29. The molecule has 0 unspecified atom stereocenters. The van der Waals surface area contributed by atoms with E-state index in [1.807, 2.05) is 30.3 Å². The van der Waals surface area contributed by atoms with Crippen LogP contribution >= 0.6 is 0 Å². The van der Waals surface area contributed by atoms with Crippen molar-refractivity contribution < 1.29 is 9.59 Å². The van der Waals surface area contributed by atoms with Gasteiger partial charge in [0.2, 0.25) is 5.78 Å². The molecule has 1 aromatic carbocycles. The van der Waals surface area contributed by atoms with Crippen LogP contribution in [0.15, 0.2) is 49.2 Å². The molecule has 15 heavy (non-hydrogen) atoms. The molecule has 3 nitrogen and oxygen atoms in total. The lowest BCUT2D eigenvalue weighted by atomic mass is 10.2. The topological polar surface area (TPSA) is 46.2 Å². The van der Waals surface area contributed by atoms with Crippen LogP contribution in [0.5, 0.6) is 0 Å². The highest BCUT2D eigenvalue weighted by molar-refractivity contribution is 6.41. The number of carbonyl (C=O) groups is 2. The van der Waals surface area contributed by atoms with E-state index >= 15 is 0 Å². The van der Waals surface area contributed by atoms with E-state index in [4.69, 9.17) is 0 Å². The number of carbonyl (C=O) groups excluding carboxylic acids is 2. The molecule has 0 bridgehead atoms. The van der Waals surface area contributed by atoms with Gasteiger partial charge in [0, 0.05) is 0 Å². The zero-order valence-electron chi connectivity index (χ0n) is 8.14. The van der Waals surface area contributed by atoms with Crippen molar-refractivity contribution in [2.24, 2.45) is 0 Å². The van der Waals surface area contributed by atoms with Crippen LogP contribution < -0.4 is 5.32 Å². The van der Waals surface area contributed by atoms with E-state index in [9.17, 15) is 9.59 Å². The number of amides is 1. The minimum Gasteiger partial charge on any atom is -0.326 e. The van der Waals surface area contributed by atoms with Gasteiger partial charge in [-0.2, -0.15) is 0 Å². The first-order chi connectivity index (χ1) is 7.24. The molecule has 76 valence electrons. The van der Waals surface area contributed by atoms with Gasteiger partial charge in [-0.15, -0.1) is 0 Å². The maximum absolute atomic E-state index is 11.2. The SMILES string of the molecule is C=CNC(=O)C(=O)/C=C/c1ccccc1. The van der Waals surface area contributed by atoms with E-state index < -0.39 is 11.7 Å². The third-order valence-electron chi connectivity index (χ3n) is 1.68. The largest absolute Gasteiger partial charge is 0.326 e. The number of hydrogen-bond donors (Lipinski definition) is 1. The van der Waals surface area contributed by atoms with Crippen LogP contribution in [-0.4, -0.2) is 11.7 Å². The Morgan fingerprint density at radius 1 is 1.20 bits per heavy atom. The summed E-state index contributed by atoms with van der Waals surface area (Å²) in [5.74, 6) is -1.28. The Balaban J connectivity index is 2.62. The van der Waals surface area contributed by atoms with Gasteiger partial charge >= 0.3 is 0 Å². The predicted octanol–water partition coefficient (Wildman–Crippen LogP) is 1.53. The first kappa shape index (κ1) is 10.9. The summed E-state index contributed by atoms with van der Waals surface area (Å²) in [5.41, 5.74) is 0.872. The van der Waals surface area contributed by atoms with Gasteiger partial charge in [-0.25, -0.2) is 0 Å². The fourth-order valence-electron chi connectivity index (χ4n) is 0.976. The van der Waals surface area contributed by atoms with E-state index in [2.05, 4.69) is 11.9 Å². The van der Waals surface area contributed by atoms with Gasteiger partial charge in [0.25, 0.3) is 5.91 Å². The normalized spacial score (nSPS) is 9.87. The summed E-state index contributed by atoms with van der Waals surface area (Å²) in [4.78, 5) is 22.1. The zero-order valence-corrected chi connectivity index (χ0v) is 8.14. The molecule has 0 spiro atoms. The molecule has 0 aromatic heterocycles. The van der Waals surface area contributed by atoms with Crippen molar-refractivity contribution in [1.29, 1.82) is 0 Å². The van der Waals surface area contributed by atoms with E-state index in [1.165, 1.54) is 12.3 Å². The molecule has 1 amide bonds. The second-order valence-corrected chi connectivity index (χ2v) is 2.79. The van der Waals surface area contributed by atoms with Gasteiger partial charge in [-0.1, -0.05) is 43.0 Å². The van der Waals surface area contributed by atoms with E-state index in [1.54, 1.807) is 6.08 Å². The number of nitrogens with one attached hydrogen (secondary N) is 1. The summed E-state index contributed by atoms with van der Waals surface area (Å²) >= 11 is 0. The van der Waals surface area contributed by atoms with Crippen molar-refractivity contribution in [1.82, 2.24) is 5.32 Å². The van der Waals surface area contributed by atoms with Gasteiger partial charge in [0.05, 0.1) is 0 Å². The molecule has 0 atom stereocenters. The second-order valence-electron chi connectivity index (χ2n) is 2.79.